The van der Waals surface area contributed by atoms with E-state index in [-0.39, 0.29) is 23.1 Å². The van der Waals surface area contributed by atoms with Gasteiger partial charge in [-0.25, -0.2) is 13.9 Å². The lowest BCUT2D eigenvalue weighted by Crippen LogP contribution is -2.22. The second kappa shape index (κ2) is 8.62. The fourth-order valence-electron chi connectivity index (χ4n) is 2.65. The molecule has 0 amide bonds. The summed E-state index contributed by atoms with van der Waals surface area (Å²) in [5, 5.41) is 10.8. The molecule has 0 atom stereocenters. The van der Waals surface area contributed by atoms with Gasteiger partial charge in [-0.2, -0.15) is 5.10 Å². The van der Waals surface area contributed by atoms with E-state index in [1.54, 1.807) is 26.0 Å². The van der Waals surface area contributed by atoms with Gasteiger partial charge in [-0.3, -0.25) is 0 Å². The van der Waals surface area contributed by atoms with Gasteiger partial charge >= 0.3 is 5.97 Å². The molecule has 3 aromatic rings. The molecule has 28 heavy (non-hydrogen) atoms. The minimum Gasteiger partial charge on any atom is -0.462 e. The zero-order valence-corrected chi connectivity index (χ0v) is 16.2. The van der Waals surface area contributed by atoms with E-state index in [2.05, 4.69) is 15.7 Å². The van der Waals surface area contributed by atoms with Gasteiger partial charge in [0.1, 0.15) is 11.4 Å². The van der Waals surface area contributed by atoms with Gasteiger partial charge in [0.25, 0.3) is 0 Å². The quantitative estimate of drug-likeness (QED) is 0.493. The summed E-state index contributed by atoms with van der Waals surface area (Å²) in [6.07, 6.45) is 0. The van der Waals surface area contributed by atoms with E-state index in [9.17, 15) is 9.18 Å². The molecular formula is C20H19FN4O2S. The Morgan fingerprint density at radius 2 is 1.82 bits per heavy atom. The van der Waals surface area contributed by atoms with Crippen LogP contribution in [0.1, 0.15) is 23.0 Å². The predicted molar refractivity (Wildman–Crippen MR) is 111 cm³/mol. The van der Waals surface area contributed by atoms with Crippen LogP contribution in [0.2, 0.25) is 0 Å². The van der Waals surface area contributed by atoms with Crippen LogP contribution in [0.4, 0.5) is 15.9 Å². The first kappa shape index (κ1) is 19.5. The van der Waals surface area contributed by atoms with E-state index in [4.69, 9.17) is 17.0 Å². The number of esters is 1. The lowest BCUT2D eigenvalue weighted by Gasteiger charge is -2.14. The Kier molecular flexibility index (Phi) is 6.00. The number of benzene rings is 2. The molecule has 0 unspecified atom stereocenters. The molecule has 0 saturated heterocycles. The summed E-state index contributed by atoms with van der Waals surface area (Å²) in [6.45, 7) is 3.66. The summed E-state index contributed by atoms with van der Waals surface area (Å²) in [4.78, 5) is 12.5. The highest BCUT2D eigenvalue weighted by atomic mass is 32.1. The standard InChI is InChI=1S/C20H19FN4O2S/c1-3-27-19(26)17-13(2)24-25(16-11-9-14(21)10-12-16)18(17)23-20(28)22-15-7-5-4-6-8-15/h4-12H,3H2,1-2H3,(H2,22,23,28). The molecular weight excluding hydrogens is 379 g/mol. The number of aryl methyl sites for hydroxylation is 1. The fraction of sp³-hybridized carbons (Fsp3) is 0.150. The van der Waals surface area contributed by atoms with E-state index < -0.39 is 5.97 Å². The van der Waals surface area contributed by atoms with Crippen molar-refractivity contribution in [1.82, 2.24) is 9.78 Å². The maximum absolute atomic E-state index is 13.3. The van der Waals surface area contributed by atoms with Gasteiger partial charge in [0, 0.05) is 5.69 Å². The SMILES string of the molecule is CCOC(=O)c1c(C)nn(-c2ccc(F)cc2)c1NC(=S)Nc1ccccc1. The molecule has 2 N–H and O–H groups in total. The van der Waals surface area contributed by atoms with Crippen LogP contribution >= 0.6 is 12.2 Å². The minimum atomic E-state index is -0.515. The van der Waals surface area contributed by atoms with Crippen molar-refractivity contribution >= 4 is 34.8 Å². The average molecular weight is 398 g/mol. The van der Waals surface area contributed by atoms with E-state index in [0.29, 0.717) is 17.2 Å². The first-order valence-corrected chi connectivity index (χ1v) is 9.06. The van der Waals surface area contributed by atoms with Crippen LogP contribution in [0.15, 0.2) is 54.6 Å². The lowest BCUT2D eigenvalue weighted by atomic mass is 10.2. The summed E-state index contributed by atoms with van der Waals surface area (Å²) in [5.41, 5.74) is 2.10. The van der Waals surface area contributed by atoms with Gasteiger partial charge in [0.2, 0.25) is 0 Å². The van der Waals surface area contributed by atoms with E-state index in [1.165, 1.54) is 16.8 Å². The van der Waals surface area contributed by atoms with Crippen molar-refractivity contribution in [2.45, 2.75) is 13.8 Å². The molecule has 0 fully saturated rings. The van der Waals surface area contributed by atoms with Crippen molar-refractivity contribution in [2.24, 2.45) is 0 Å². The Labute approximate surface area is 167 Å². The molecule has 1 aromatic heterocycles. The maximum atomic E-state index is 13.3. The molecule has 0 aliphatic rings. The minimum absolute atomic E-state index is 0.228. The first-order valence-electron chi connectivity index (χ1n) is 8.65. The topological polar surface area (TPSA) is 68.2 Å². The van der Waals surface area contributed by atoms with Crippen LogP contribution in [-0.4, -0.2) is 27.5 Å². The van der Waals surface area contributed by atoms with Crippen LogP contribution < -0.4 is 10.6 Å². The Morgan fingerprint density at radius 1 is 1.14 bits per heavy atom. The molecule has 1 heterocycles. The smallest absolute Gasteiger partial charge is 0.343 e. The van der Waals surface area contributed by atoms with E-state index in [0.717, 1.165) is 5.69 Å². The zero-order valence-electron chi connectivity index (χ0n) is 15.4. The Bertz CT molecular complexity index is 987. The summed E-state index contributed by atoms with van der Waals surface area (Å²) in [7, 11) is 0. The van der Waals surface area contributed by atoms with Crippen molar-refractivity contribution in [1.29, 1.82) is 0 Å². The van der Waals surface area contributed by atoms with Crippen LogP contribution in [-0.2, 0) is 4.74 Å². The van der Waals surface area contributed by atoms with Crippen molar-refractivity contribution < 1.29 is 13.9 Å². The second-order valence-corrected chi connectivity index (χ2v) is 6.27. The monoisotopic (exact) mass is 398 g/mol. The first-order chi connectivity index (χ1) is 13.5. The predicted octanol–water partition coefficient (Wildman–Crippen LogP) is 4.31. The van der Waals surface area contributed by atoms with Crippen LogP contribution in [0.25, 0.3) is 5.69 Å². The number of aromatic nitrogens is 2. The highest BCUT2D eigenvalue weighted by molar-refractivity contribution is 7.80. The van der Waals surface area contributed by atoms with Gasteiger partial charge in [0.05, 0.1) is 18.0 Å². The van der Waals surface area contributed by atoms with Crippen LogP contribution in [0, 0.1) is 12.7 Å². The average Bonchev–Trinajstić information content (AvgIpc) is 2.99. The Morgan fingerprint density at radius 3 is 2.46 bits per heavy atom. The molecule has 0 saturated carbocycles. The molecule has 144 valence electrons. The summed E-state index contributed by atoms with van der Waals surface area (Å²) >= 11 is 5.39. The van der Waals surface area contributed by atoms with Crippen molar-refractivity contribution in [2.75, 3.05) is 17.2 Å². The van der Waals surface area contributed by atoms with E-state index >= 15 is 0 Å². The number of nitrogens with zero attached hydrogens (tertiary/aromatic N) is 2. The van der Waals surface area contributed by atoms with Crippen molar-refractivity contribution in [3.05, 3.63) is 71.7 Å². The highest BCUT2D eigenvalue weighted by Crippen LogP contribution is 2.25. The number of ether oxygens (including phenoxy) is 1. The third-order valence-corrected chi connectivity index (χ3v) is 4.08. The molecule has 6 nitrogen and oxygen atoms in total. The number of hydrogen-bond acceptors (Lipinski definition) is 4. The Balaban J connectivity index is 1.99. The third kappa shape index (κ3) is 4.34. The molecule has 0 radical (unpaired) electrons. The summed E-state index contributed by atoms with van der Waals surface area (Å²) < 4.78 is 20.0. The lowest BCUT2D eigenvalue weighted by molar-refractivity contribution is 0.0527. The summed E-state index contributed by atoms with van der Waals surface area (Å²) in [6, 6.07) is 15.1. The van der Waals surface area contributed by atoms with Crippen LogP contribution in [0.5, 0.6) is 0 Å². The largest absolute Gasteiger partial charge is 0.462 e. The zero-order chi connectivity index (χ0) is 20.1. The normalized spacial score (nSPS) is 10.4. The van der Waals surface area contributed by atoms with Gasteiger partial charge in [-0.05, 0) is 62.5 Å². The fourth-order valence-corrected chi connectivity index (χ4v) is 2.87. The number of halogens is 1. The van der Waals surface area contributed by atoms with Gasteiger partial charge in [-0.15, -0.1) is 0 Å². The third-order valence-electron chi connectivity index (χ3n) is 3.87. The number of rotatable bonds is 5. The maximum Gasteiger partial charge on any atom is 0.343 e. The van der Waals surface area contributed by atoms with Gasteiger partial charge in [-0.1, -0.05) is 18.2 Å². The number of thiocarbonyl (C=S) groups is 1. The number of nitrogens with one attached hydrogen (secondary N) is 2. The molecule has 8 heteroatoms. The van der Waals surface area contributed by atoms with Crippen LogP contribution in [0.3, 0.4) is 0 Å². The molecule has 0 spiro atoms. The van der Waals surface area contributed by atoms with Gasteiger partial charge in [0.15, 0.2) is 10.9 Å². The molecule has 2 aromatic carbocycles. The van der Waals surface area contributed by atoms with Gasteiger partial charge < -0.3 is 15.4 Å². The summed E-state index contributed by atoms with van der Waals surface area (Å²) in [5.74, 6) is -0.539. The van der Waals surface area contributed by atoms with Crippen molar-refractivity contribution in [3.63, 3.8) is 0 Å². The number of carbonyl (C=O) groups is 1. The highest BCUT2D eigenvalue weighted by Gasteiger charge is 2.24. The number of carbonyl (C=O) groups excluding carboxylic acids is 1. The molecule has 0 aliphatic heterocycles. The Hall–Kier alpha value is -3.26. The number of anilines is 2. The second-order valence-electron chi connectivity index (χ2n) is 5.86. The van der Waals surface area contributed by atoms with Crippen molar-refractivity contribution in [3.8, 4) is 5.69 Å². The molecule has 0 bridgehead atoms. The number of para-hydroxylation sites is 1. The molecule has 3 rings (SSSR count). The number of hydrogen-bond donors (Lipinski definition) is 2. The molecule has 0 aliphatic carbocycles. The van der Waals surface area contributed by atoms with E-state index in [1.807, 2.05) is 30.3 Å².